The van der Waals surface area contributed by atoms with Gasteiger partial charge in [0, 0.05) is 24.6 Å². The molecule has 0 aromatic heterocycles. The molecule has 35 heavy (non-hydrogen) atoms. The van der Waals surface area contributed by atoms with Crippen molar-refractivity contribution in [1.82, 2.24) is 9.62 Å². The SMILES string of the molecule is CCOC(=O)[C@H](CSCc1ccccc1)NS(=O)(=O)c1ccc2c(c1)CN(C(=O)C(F)(F)F)CC2. The van der Waals surface area contributed by atoms with Gasteiger partial charge < -0.3 is 9.64 Å². The van der Waals surface area contributed by atoms with Crippen LogP contribution in [0.3, 0.4) is 0 Å². The minimum Gasteiger partial charge on any atom is -0.465 e. The maximum atomic E-state index is 13.1. The number of amides is 1. The number of hydrogen-bond donors (Lipinski definition) is 1. The first-order valence-electron chi connectivity index (χ1n) is 10.8. The molecule has 2 aromatic rings. The number of esters is 1. The summed E-state index contributed by atoms with van der Waals surface area (Å²) < 4.78 is 72.0. The fourth-order valence-electron chi connectivity index (χ4n) is 3.57. The van der Waals surface area contributed by atoms with Gasteiger partial charge in [0.1, 0.15) is 6.04 Å². The standard InChI is InChI=1S/C23H25F3N2O5S2/c1-2-33-21(29)20(15-34-14-16-6-4-3-5-7-16)27-35(31,32)19-9-8-17-10-11-28(13-18(17)12-19)22(30)23(24,25)26/h3-9,12,20,27H,2,10-11,13-15H2,1H3/t20-/m0/s1. The molecule has 0 unspecified atom stereocenters. The fraction of sp³-hybridized carbons (Fsp3) is 0.391. The van der Waals surface area contributed by atoms with Gasteiger partial charge in [-0.15, -0.1) is 0 Å². The van der Waals surface area contributed by atoms with Crippen LogP contribution in [0.5, 0.6) is 0 Å². The minimum atomic E-state index is -5.01. The summed E-state index contributed by atoms with van der Waals surface area (Å²) in [6.45, 7) is 1.21. The van der Waals surface area contributed by atoms with E-state index in [0.717, 1.165) is 5.56 Å². The summed E-state index contributed by atoms with van der Waals surface area (Å²) >= 11 is 1.35. The van der Waals surface area contributed by atoms with E-state index in [0.29, 0.717) is 21.8 Å². The van der Waals surface area contributed by atoms with E-state index in [1.165, 1.54) is 30.0 Å². The highest BCUT2D eigenvalue weighted by Crippen LogP contribution is 2.27. The van der Waals surface area contributed by atoms with Gasteiger partial charge in [0.15, 0.2) is 0 Å². The van der Waals surface area contributed by atoms with Gasteiger partial charge in [0.2, 0.25) is 10.0 Å². The number of rotatable bonds is 9. The largest absolute Gasteiger partial charge is 0.471 e. The third kappa shape index (κ3) is 7.21. The number of halogens is 3. The molecule has 1 atom stereocenters. The van der Waals surface area contributed by atoms with Gasteiger partial charge in [-0.3, -0.25) is 9.59 Å². The molecule has 1 N–H and O–H groups in total. The van der Waals surface area contributed by atoms with Gasteiger partial charge in [-0.25, -0.2) is 8.42 Å². The van der Waals surface area contributed by atoms with Crippen LogP contribution >= 0.6 is 11.8 Å². The van der Waals surface area contributed by atoms with E-state index in [4.69, 9.17) is 4.74 Å². The van der Waals surface area contributed by atoms with Gasteiger partial charge in [-0.2, -0.15) is 29.7 Å². The number of hydrogen-bond acceptors (Lipinski definition) is 6. The van der Waals surface area contributed by atoms with Crippen LogP contribution in [0.4, 0.5) is 13.2 Å². The molecule has 1 heterocycles. The molecule has 12 heteroatoms. The van der Waals surface area contributed by atoms with Crippen molar-refractivity contribution in [3.8, 4) is 0 Å². The summed E-state index contributed by atoms with van der Waals surface area (Å²) in [5, 5.41) is 0. The van der Waals surface area contributed by atoms with E-state index in [-0.39, 0.29) is 36.8 Å². The second kappa shape index (κ2) is 11.4. The van der Waals surface area contributed by atoms with Crippen LogP contribution in [0, 0.1) is 0 Å². The number of sulfonamides is 1. The zero-order valence-electron chi connectivity index (χ0n) is 18.9. The molecule has 1 aliphatic rings. The van der Waals surface area contributed by atoms with Crippen LogP contribution in [0.15, 0.2) is 53.4 Å². The normalized spacial score (nSPS) is 14.8. The summed E-state index contributed by atoms with van der Waals surface area (Å²) in [4.78, 5) is 24.5. The van der Waals surface area contributed by atoms with E-state index < -0.39 is 34.1 Å². The Morgan fingerprint density at radius 1 is 1.14 bits per heavy atom. The topological polar surface area (TPSA) is 92.8 Å². The van der Waals surface area contributed by atoms with E-state index in [1.807, 2.05) is 30.3 Å². The molecule has 0 spiro atoms. The molecule has 1 aliphatic heterocycles. The third-order valence-corrected chi connectivity index (χ3v) is 7.87. The number of nitrogens with one attached hydrogen (secondary N) is 1. The van der Waals surface area contributed by atoms with Crippen LogP contribution in [-0.4, -0.2) is 56.3 Å². The Hall–Kier alpha value is -2.57. The molecule has 3 rings (SSSR count). The van der Waals surface area contributed by atoms with Crippen molar-refractivity contribution >= 4 is 33.7 Å². The number of ether oxygens (including phenoxy) is 1. The molecule has 2 aromatic carbocycles. The second-order valence-electron chi connectivity index (χ2n) is 7.83. The first-order valence-corrected chi connectivity index (χ1v) is 13.4. The first kappa shape index (κ1) is 27.0. The number of benzene rings is 2. The molecule has 7 nitrogen and oxygen atoms in total. The Balaban J connectivity index is 1.75. The zero-order chi connectivity index (χ0) is 25.6. The quantitative estimate of drug-likeness (QED) is 0.501. The highest BCUT2D eigenvalue weighted by Gasteiger charge is 2.43. The lowest BCUT2D eigenvalue weighted by Crippen LogP contribution is -2.44. The van der Waals surface area contributed by atoms with E-state index in [9.17, 15) is 31.2 Å². The monoisotopic (exact) mass is 530 g/mol. The van der Waals surface area contributed by atoms with Crippen LogP contribution < -0.4 is 4.72 Å². The Morgan fingerprint density at radius 2 is 1.86 bits per heavy atom. The van der Waals surface area contributed by atoms with Gasteiger partial charge in [-0.1, -0.05) is 36.4 Å². The smallest absolute Gasteiger partial charge is 0.465 e. The Kier molecular flexibility index (Phi) is 8.84. The van der Waals surface area contributed by atoms with Gasteiger partial charge in [0.05, 0.1) is 11.5 Å². The number of nitrogens with zero attached hydrogens (tertiary/aromatic N) is 1. The number of alkyl halides is 3. The molecular weight excluding hydrogens is 505 g/mol. The molecule has 0 saturated carbocycles. The molecule has 1 amide bonds. The predicted molar refractivity (Wildman–Crippen MR) is 125 cm³/mol. The molecule has 0 aliphatic carbocycles. The van der Waals surface area contributed by atoms with E-state index in [2.05, 4.69) is 4.72 Å². The van der Waals surface area contributed by atoms with Crippen molar-refractivity contribution in [2.24, 2.45) is 0 Å². The highest BCUT2D eigenvalue weighted by molar-refractivity contribution is 7.98. The summed E-state index contributed by atoms with van der Waals surface area (Å²) in [5.74, 6) is -2.02. The van der Waals surface area contributed by atoms with Crippen LogP contribution in [0.25, 0.3) is 0 Å². The van der Waals surface area contributed by atoms with Crippen molar-refractivity contribution < 1.29 is 35.9 Å². The number of carbonyl (C=O) groups is 2. The average Bonchev–Trinajstić information content (AvgIpc) is 2.82. The molecule has 0 bridgehead atoms. The third-order valence-electron chi connectivity index (χ3n) is 5.29. The molecule has 190 valence electrons. The minimum absolute atomic E-state index is 0.0718. The summed E-state index contributed by atoms with van der Waals surface area (Å²) in [6, 6.07) is 12.4. The maximum Gasteiger partial charge on any atom is 0.471 e. The van der Waals surface area contributed by atoms with Crippen molar-refractivity contribution in [2.75, 3.05) is 18.9 Å². The van der Waals surface area contributed by atoms with E-state index >= 15 is 0 Å². The number of fused-ring (bicyclic) bond motifs is 1. The Labute approximate surface area is 206 Å². The van der Waals surface area contributed by atoms with Gasteiger partial charge in [-0.05, 0) is 42.2 Å². The fourth-order valence-corrected chi connectivity index (χ4v) is 5.91. The zero-order valence-corrected chi connectivity index (χ0v) is 20.5. The summed E-state index contributed by atoms with van der Waals surface area (Å²) in [7, 11) is -4.21. The maximum absolute atomic E-state index is 13.1. The average molecular weight is 531 g/mol. The molecule has 0 saturated heterocycles. The van der Waals surface area contributed by atoms with Crippen molar-refractivity contribution in [3.05, 3.63) is 65.2 Å². The van der Waals surface area contributed by atoms with E-state index in [1.54, 1.807) is 6.92 Å². The first-order chi connectivity index (χ1) is 16.5. The lowest BCUT2D eigenvalue weighted by Gasteiger charge is -2.29. The van der Waals surface area contributed by atoms with Gasteiger partial charge >= 0.3 is 18.1 Å². The highest BCUT2D eigenvalue weighted by atomic mass is 32.2. The summed E-state index contributed by atoms with van der Waals surface area (Å²) in [5.41, 5.74) is 1.98. The number of thioether (sulfide) groups is 1. The second-order valence-corrected chi connectivity index (χ2v) is 10.6. The van der Waals surface area contributed by atoms with Crippen molar-refractivity contribution in [3.63, 3.8) is 0 Å². The number of carbonyl (C=O) groups excluding carboxylic acids is 2. The lowest BCUT2D eigenvalue weighted by molar-refractivity contribution is -0.186. The Bertz CT molecular complexity index is 1160. The predicted octanol–water partition coefficient (Wildman–Crippen LogP) is 3.28. The van der Waals surface area contributed by atoms with Crippen LogP contribution in [-0.2, 0) is 43.1 Å². The summed E-state index contributed by atoms with van der Waals surface area (Å²) in [6.07, 6.45) is -4.83. The van der Waals surface area contributed by atoms with Gasteiger partial charge in [0.25, 0.3) is 0 Å². The van der Waals surface area contributed by atoms with Crippen molar-refractivity contribution in [1.29, 1.82) is 0 Å². The van der Waals surface area contributed by atoms with Crippen LogP contribution in [0.1, 0.15) is 23.6 Å². The molecule has 0 radical (unpaired) electrons. The molecular formula is C23H25F3N2O5S2. The van der Waals surface area contributed by atoms with Crippen molar-refractivity contribution in [2.45, 2.75) is 42.8 Å². The van der Waals surface area contributed by atoms with Crippen LogP contribution in [0.2, 0.25) is 0 Å². The molecule has 0 fully saturated rings. The lowest BCUT2D eigenvalue weighted by atomic mass is 10.00. The Morgan fingerprint density at radius 3 is 2.51 bits per heavy atom.